The lowest BCUT2D eigenvalue weighted by Crippen LogP contribution is -2.13. The van der Waals surface area contributed by atoms with Gasteiger partial charge in [-0.2, -0.15) is 9.61 Å². The Morgan fingerprint density at radius 2 is 2.38 bits per heavy atom. The Morgan fingerprint density at radius 1 is 1.50 bits per heavy atom. The maximum absolute atomic E-state index is 5.16. The molecule has 3 rings (SSSR count). The molecular formula is C10H11N5S. The van der Waals surface area contributed by atoms with Crippen molar-refractivity contribution in [2.45, 2.75) is 25.3 Å². The topological polar surface area (TPSA) is 55.1 Å². The van der Waals surface area contributed by atoms with E-state index < -0.39 is 0 Å². The van der Waals surface area contributed by atoms with Gasteiger partial charge < -0.3 is 0 Å². The van der Waals surface area contributed by atoms with Gasteiger partial charge in [-0.25, -0.2) is 0 Å². The molecule has 82 valence electrons. The lowest BCUT2D eigenvalue weighted by atomic mass is 10.4. The van der Waals surface area contributed by atoms with E-state index in [1.54, 1.807) is 11.3 Å². The van der Waals surface area contributed by atoms with E-state index in [2.05, 4.69) is 26.5 Å². The van der Waals surface area contributed by atoms with Crippen molar-refractivity contribution >= 4 is 16.3 Å². The van der Waals surface area contributed by atoms with Crippen LogP contribution in [0, 0.1) is 12.3 Å². The van der Waals surface area contributed by atoms with Crippen LogP contribution in [0.5, 0.6) is 0 Å². The molecule has 0 atom stereocenters. The van der Waals surface area contributed by atoms with Crippen LogP contribution < -0.4 is 5.32 Å². The minimum atomic E-state index is 0.565. The number of terminal acetylenes is 1. The molecule has 1 saturated carbocycles. The molecule has 0 unspecified atom stereocenters. The lowest BCUT2D eigenvalue weighted by molar-refractivity contribution is 0.730. The van der Waals surface area contributed by atoms with Crippen LogP contribution in [0.1, 0.15) is 29.6 Å². The second-order valence-corrected chi connectivity index (χ2v) is 4.87. The zero-order valence-electron chi connectivity index (χ0n) is 8.68. The lowest BCUT2D eigenvalue weighted by Gasteiger charge is -1.94. The van der Waals surface area contributed by atoms with E-state index in [0.29, 0.717) is 19.0 Å². The summed E-state index contributed by atoms with van der Waals surface area (Å²) in [6, 6.07) is 0. The Kier molecular flexibility index (Phi) is 2.35. The van der Waals surface area contributed by atoms with Crippen molar-refractivity contribution in [2.75, 3.05) is 6.54 Å². The summed E-state index contributed by atoms with van der Waals surface area (Å²) < 4.78 is 1.87. The minimum absolute atomic E-state index is 0.565. The molecule has 0 radical (unpaired) electrons. The van der Waals surface area contributed by atoms with Crippen LogP contribution in [0.15, 0.2) is 0 Å². The fourth-order valence-electron chi connectivity index (χ4n) is 1.58. The molecule has 1 fully saturated rings. The SMILES string of the molecule is C#CCNCc1nn2c(C3CC3)nnc2s1. The monoisotopic (exact) mass is 233 g/mol. The minimum Gasteiger partial charge on any atom is -0.300 e. The van der Waals surface area contributed by atoms with Gasteiger partial charge in [-0.3, -0.25) is 5.32 Å². The van der Waals surface area contributed by atoms with Crippen molar-refractivity contribution in [2.24, 2.45) is 0 Å². The first kappa shape index (κ1) is 9.75. The highest BCUT2D eigenvalue weighted by molar-refractivity contribution is 7.16. The van der Waals surface area contributed by atoms with E-state index >= 15 is 0 Å². The highest BCUT2D eigenvalue weighted by atomic mass is 32.1. The first-order chi connectivity index (χ1) is 7.88. The standard InChI is InChI=1S/C10H11N5S/c1-2-5-11-6-8-14-15-9(7-3-4-7)12-13-10(15)16-8/h1,7,11H,3-6H2. The number of aromatic nitrogens is 4. The average molecular weight is 233 g/mol. The molecule has 0 bridgehead atoms. The molecule has 0 aliphatic heterocycles. The van der Waals surface area contributed by atoms with Crippen LogP contribution in [0.3, 0.4) is 0 Å². The van der Waals surface area contributed by atoms with Crippen LogP contribution in [0.4, 0.5) is 0 Å². The van der Waals surface area contributed by atoms with Gasteiger partial charge in [0.05, 0.1) is 13.1 Å². The molecule has 0 spiro atoms. The van der Waals surface area contributed by atoms with Gasteiger partial charge in [-0.05, 0) is 12.8 Å². The molecule has 5 nitrogen and oxygen atoms in total. The highest BCUT2D eigenvalue weighted by Gasteiger charge is 2.29. The van der Waals surface area contributed by atoms with Gasteiger partial charge in [0.25, 0.3) is 0 Å². The predicted octanol–water partition coefficient (Wildman–Crippen LogP) is 0.786. The molecule has 6 heteroatoms. The normalized spacial score (nSPS) is 15.4. The van der Waals surface area contributed by atoms with Gasteiger partial charge in [0.2, 0.25) is 4.96 Å². The summed E-state index contributed by atoms with van der Waals surface area (Å²) in [6.07, 6.45) is 7.59. The predicted molar refractivity (Wildman–Crippen MR) is 61.2 cm³/mol. The third-order valence-corrected chi connectivity index (χ3v) is 3.40. The second kappa shape index (κ2) is 3.85. The Hall–Kier alpha value is -1.45. The summed E-state index contributed by atoms with van der Waals surface area (Å²) in [4.78, 5) is 0.874. The average Bonchev–Trinajstić information content (AvgIpc) is 2.91. The molecule has 1 aliphatic rings. The Bertz CT molecular complexity index is 545. The Labute approximate surface area is 96.9 Å². The smallest absolute Gasteiger partial charge is 0.234 e. The third kappa shape index (κ3) is 1.68. The van der Waals surface area contributed by atoms with Gasteiger partial charge >= 0.3 is 0 Å². The van der Waals surface area contributed by atoms with Crippen LogP contribution in [-0.2, 0) is 6.54 Å². The van der Waals surface area contributed by atoms with Crippen molar-refractivity contribution in [3.63, 3.8) is 0 Å². The fourth-order valence-corrected chi connectivity index (χ4v) is 2.39. The Balaban J connectivity index is 1.83. The molecule has 1 aliphatic carbocycles. The van der Waals surface area contributed by atoms with E-state index in [1.807, 2.05) is 4.52 Å². The molecule has 2 aromatic rings. The molecule has 0 saturated heterocycles. The molecule has 0 aromatic carbocycles. The van der Waals surface area contributed by atoms with Crippen molar-refractivity contribution in [1.29, 1.82) is 0 Å². The summed E-state index contributed by atoms with van der Waals surface area (Å²) in [5.41, 5.74) is 0. The van der Waals surface area contributed by atoms with Crippen LogP contribution in [-0.4, -0.2) is 26.4 Å². The summed E-state index contributed by atoms with van der Waals surface area (Å²) >= 11 is 1.56. The molecular weight excluding hydrogens is 222 g/mol. The van der Waals surface area contributed by atoms with Crippen LogP contribution in [0.25, 0.3) is 4.96 Å². The van der Waals surface area contributed by atoms with Crippen molar-refractivity contribution in [3.8, 4) is 12.3 Å². The maximum Gasteiger partial charge on any atom is 0.234 e. The molecule has 16 heavy (non-hydrogen) atoms. The summed E-state index contributed by atoms with van der Waals surface area (Å²) in [5.74, 6) is 4.12. The molecule has 1 N–H and O–H groups in total. The van der Waals surface area contributed by atoms with Crippen molar-refractivity contribution in [3.05, 3.63) is 10.8 Å². The van der Waals surface area contributed by atoms with E-state index in [0.717, 1.165) is 15.8 Å². The molecule has 2 heterocycles. The van der Waals surface area contributed by atoms with Gasteiger partial charge in [0.1, 0.15) is 5.01 Å². The van der Waals surface area contributed by atoms with E-state index in [9.17, 15) is 0 Å². The van der Waals surface area contributed by atoms with Crippen LogP contribution >= 0.6 is 11.3 Å². The van der Waals surface area contributed by atoms with E-state index in [1.165, 1.54) is 12.8 Å². The van der Waals surface area contributed by atoms with E-state index in [-0.39, 0.29) is 0 Å². The van der Waals surface area contributed by atoms with Crippen molar-refractivity contribution in [1.82, 2.24) is 25.1 Å². The molecule has 2 aromatic heterocycles. The van der Waals surface area contributed by atoms with Gasteiger partial charge in [-0.1, -0.05) is 17.3 Å². The first-order valence-corrected chi connectivity index (χ1v) is 6.05. The zero-order chi connectivity index (χ0) is 11.0. The number of hydrogen-bond acceptors (Lipinski definition) is 5. The van der Waals surface area contributed by atoms with E-state index in [4.69, 9.17) is 6.42 Å². The quantitative estimate of drug-likeness (QED) is 0.626. The fraction of sp³-hybridized carbons (Fsp3) is 0.500. The number of nitrogens with one attached hydrogen (secondary N) is 1. The van der Waals surface area contributed by atoms with Crippen LogP contribution in [0.2, 0.25) is 0 Å². The molecule has 0 amide bonds. The third-order valence-electron chi connectivity index (χ3n) is 2.50. The van der Waals surface area contributed by atoms with Crippen molar-refractivity contribution < 1.29 is 0 Å². The maximum atomic E-state index is 5.16. The highest BCUT2D eigenvalue weighted by Crippen LogP contribution is 2.39. The number of hydrogen-bond donors (Lipinski definition) is 1. The zero-order valence-corrected chi connectivity index (χ0v) is 9.50. The second-order valence-electron chi connectivity index (χ2n) is 3.83. The summed E-state index contributed by atoms with van der Waals surface area (Å²) in [5, 5.41) is 16.9. The largest absolute Gasteiger partial charge is 0.300 e. The summed E-state index contributed by atoms with van der Waals surface area (Å²) in [6.45, 7) is 1.26. The van der Waals surface area contributed by atoms with Gasteiger partial charge in [0, 0.05) is 5.92 Å². The Morgan fingerprint density at radius 3 is 3.12 bits per heavy atom. The van der Waals surface area contributed by atoms with Gasteiger partial charge in [0.15, 0.2) is 5.82 Å². The summed E-state index contributed by atoms with van der Waals surface area (Å²) in [7, 11) is 0. The first-order valence-electron chi connectivity index (χ1n) is 5.23. The number of nitrogens with zero attached hydrogens (tertiary/aromatic N) is 4. The number of rotatable bonds is 4. The number of fused-ring (bicyclic) bond motifs is 1. The van der Waals surface area contributed by atoms with Gasteiger partial charge in [-0.15, -0.1) is 16.6 Å².